The first-order chi connectivity index (χ1) is 6.36. The van der Waals surface area contributed by atoms with E-state index in [0.29, 0.717) is 0 Å². The summed E-state index contributed by atoms with van der Waals surface area (Å²) in [5.41, 5.74) is 4.74. The van der Waals surface area contributed by atoms with E-state index in [2.05, 4.69) is 13.6 Å². The number of aliphatic hydroxyl groups is 1. The Labute approximate surface area is 81.1 Å². The van der Waals surface area contributed by atoms with Crippen LogP contribution in [0.1, 0.15) is 6.92 Å². The first-order valence-corrected chi connectivity index (χ1v) is 4.93. The maximum Gasteiger partial charge on any atom is 0.529 e. The lowest BCUT2D eigenvalue weighted by molar-refractivity contribution is -0.117. The number of phosphoric ester groups is 1. The minimum absolute atomic E-state index is 0.329. The van der Waals surface area contributed by atoms with Gasteiger partial charge >= 0.3 is 7.82 Å². The second kappa shape index (κ2) is 4.99. The van der Waals surface area contributed by atoms with Crippen molar-refractivity contribution in [3.8, 4) is 0 Å². The third kappa shape index (κ3) is 3.37. The third-order valence-corrected chi connectivity index (χ3v) is 2.65. The van der Waals surface area contributed by atoms with E-state index in [1.807, 2.05) is 0 Å². The number of rotatable bonds is 5. The summed E-state index contributed by atoms with van der Waals surface area (Å²) in [6.07, 6.45) is 0. The summed E-state index contributed by atoms with van der Waals surface area (Å²) in [6.45, 7) is 1.20. The van der Waals surface area contributed by atoms with Gasteiger partial charge in [0.15, 0.2) is 5.76 Å². The Balaban J connectivity index is 4.76. The highest BCUT2D eigenvalue weighted by atomic mass is 31.2. The molecule has 0 bridgehead atoms. The smallest absolute Gasteiger partial charge is 0.501 e. The molecule has 7 nitrogen and oxygen atoms in total. The fourth-order valence-corrected chi connectivity index (χ4v) is 1.25. The predicted molar refractivity (Wildman–Crippen MR) is 47.2 cm³/mol. The molecule has 8 heteroatoms. The Morgan fingerprint density at radius 3 is 2.07 bits per heavy atom. The number of carbonyl (C=O) groups excluding carboxylic acids is 1. The number of hydrogen-bond donors (Lipinski definition) is 2. The molecular weight excluding hydrogens is 213 g/mol. The Kier molecular flexibility index (Phi) is 4.62. The van der Waals surface area contributed by atoms with Gasteiger partial charge in [0.2, 0.25) is 5.76 Å². The number of carbonyl (C=O) groups is 1. The van der Waals surface area contributed by atoms with Crippen molar-refractivity contribution >= 4 is 13.7 Å². The molecule has 0 saturated carbocycles. The summed E-state index contributed by atoms with van der Waals surface area (Å²) in [5, 5.41) is 9.00. The second-order valence-corrected chi connectivity index (χ2v) is 3.98. The Bertz CT molecular complexity index is 291. The molecule has 0 aliphatic rings. The lowest BCUT2D eigenvalue weighted by Gasteiger charge is -2.14. The normalized spacial score (nSPS) is 13.4. The van der Waals surface area contributed by atoms with Gasteiger partial charge in [0, 0.05) is 14.2 Å². The van der Waals surface area contributed by atoms with E-state index in [1.165, 1.54) is 6.92 Å². The standard InChI is InChI=1S/C6H12NO6P/c1-4(5(8)6(7)9)13-14(10,11-2)12-3/h8H,1-3H3,(H2,7,9)/b5-4-. The number of primary amides is 1. The van der Waals surface area contributed by atoms with Crippen LogP contribution in [0, 0.1) is 0 Å². The van der Waals surface area contributed by atoms with Crippen LogP contribution in [-0.2, 0) is 22.9 Å². The molecule has 0 radical (unpaired) electrons. The molecule has 0 aromatic carbocycles. The minimum Gasteiger partial charge on any atom is -0.501 e. The Morgan fingerprint density at radius 2 is 1.79 bits per heavy atom. The lowest BCUT2D eigenvalue weighted by Crippen LogP contribution is -2.15. The zero-order valence-electron chi connectivity index (χ0n) is 8.01. The fourth-order valence-electron chi connectivity index (χ4n) is 0.534. The average molecular weight is 225 g/mol. The van der Waals surface area contributed by atoms with Crippen LogP contribution in [0.2, 0.25) is 0 Å². The minimum atomic E-state index is -3.76. The number of nitrogens with two attached hydrogens (primary N) is 1. The van der Waals surface area contributed by atoms with Crippen LogP contribution in [-0.4, -0.2) is 25.2 Å². The van der Waals surface area contributed by atoms with E-state index in [9.17, 15) is 9.36 Å². The van der Waals surface area contributed by atoms with Gasteiger partial charge in [-0.3, -0.25) is 13.8 Å². The van der Waals surface area contributed by atoms with Crippen LogP contribution in [0.3, 0.4) is 0 Å². The van der Waals surface area contributed by atoms with E-state index in [-0.39, 0.29) is 5.76 Å². The molecule has 0 spiro atoms. The van der Waals surface area contributed by atoms with Gasteiger partial charge in [-0.1, -0.05) is 0 Å². The molecule has 0 aliphatic carbocycles. The van der Waals surface area contributed by atoms with E-state index in [1.54, 1.807) is 0 Å². The summed E-state index contributed by atoms with van der Waals surface area (Å²) in [7, 11) is -1.56. The molecule has 1 amide bonds. The average Bonchev–Trinajstić information content (AvgIpc) is 2.16. The van der Waals surface area contributed by atoms with Gasteiger partial charge in [0.1, 0.15) is 0 Å². The quantitative estimate of drug-likeness (QED) is 0.404. The molecule has 0 aromatic rings. The highest BCUT2D eigenvalue weighted by Gasteiger charge is 2.26. The summed E-state index contributed by atoms with van der Waals surface area (Å²) in [6, 6.07) is 0. The maximum absolute atomic E-state index is 11.3. The molecule has 14 heavy (non-hydrogen) atoms. The predicted octanol–water partition coefficient (Wildman–Crippen LogP) is 0.679. The molecule has 0 unspecified atom stereocenters. The van der Waals surface area contributed by atoms with Crippen LogP contribution in [0.4, 0.5) is 0 Å². The molecule has 0 atom stereocenters. The molecule has 3 N–H and O–H groups in total. The van der Waals surface area contributed by atoms with E-state index >= 15 is 0 Å². The lowest BCUT2D eigenvalue weighted by atomic mass is 10.4. The first-order valence-electron chi connectivity index (χ1n) is 3.47. The molecular formula is C6H12NO6P. The summed E-state index contributed by atoms with van der Waals surface area (Å²) in [5.74, 6) is -2.26. The largest absolute Gasteiger partial charge is 0.529 e. The van der Waals surface area contributed by atoms with Gasteiger partial charge in [0.25, 0.3) is 5.91 Å². The third-order valence-electron chi connectivity index (χ3n) is 1.26. The SMILES string of the molecule is COP(=O)(OC)O/C(C)=C(\O)C(N)=O. The second-order valence-electron chi connectivity index (χ2n) is 2.17. The number of allylic oxidation sites excluding steroid dienone is 1. The highest BCUT2D eigenvalue weighted by Crippen LogP contribution is 2.49. The maximum atomic E-state index is 11.3. The van der Waals surface area contributed by atoms with Crippen molar-refractivity contribution in [3.05, 3.63) is 11.5 Å². The first kappa shape index (κ1) is 13.0. The Hall–Kier alpha value is -1.04. The van der Waals surface area contributed by atoms with Crippen molar-refractivity contribution in [1.29, 1.82) is 0 Å². The molecule has 0 aromatic heterocycles. The molecule has 0 rings (SSSR count). The number of phosphoric acid groups is 1. The number of amides is 1. The van der Waals surface area contributed by atoms with Crippen molar-refractivity contribution in [2.75, 3.05) is 14.2 Å². The fraction of sp³-hybridized carbons (Fsp3) is 0.500. The number of hydrogen-bond acceptors (Lipinski definition) is 6. The molecule has 0 aliphatic heterocycles. The van der Waals surface area contributed by atoms with Gasteiger partial charge in [-0.2, -0.15) is 0 Å². The monoisotopic (exact) mass is 225 g/mol. The molecule has 0 fully saturated rings. The van der Waals surface area contributed by atoms with E-state index in [0.717, 1.165) is 14.2 Å². The van der Waals surface area contributed by atoms with Crippen LogP contribution >= 0.6 is 7.82 Å². The summed E-state index contributed by atoms with van der Waals surface area (Å²) >= 11 is 0. The van der Waals surface area contributed by atoms with Crippen molar-refractivity contribution < 1.29 is 28.0 Å². The van der Waals surface area contributed by atoms with Crippen LogP contribution in [0.15, 0.2) is 11.5 Å². The van der Waals surface area contributed by atoms with Gasteiger partial charge in [-0.05, 0) is 6.92 Å². The number of aliphatic hydroxyl groups excluding tert-OH is 1. The van der Waals surface area contributed by atoms with Crippen molar-refractivity contribution in [2.24, 2.45) is 5.73 Å². The van der Waals surface area contributed by atoms with Crippen molar-refractivity contribution in [1.82, 2.24) is 0 Å². The summed E-state index contributed by atoms with van der Waals surface area (Å²) in [4.78, 5) is 10.5. The van der Waals surface area contributed by atoms with Gasteiger partial charge in [-0.15, -0.1) is 0 Å². The van der Waals surface area contributed by atoms with Crippen molar-refractivity contribution in [3.63, 3.8) is 0 Å². The van der Waals surface area contributed by atoms with Gasteiger partial charge < -0.3 is 15.4 Å². The topological polar surface area (TPSA) is 108 Å². The molecule has 82 valence electrons. The zero-order chi connectivity index (χ0) is 11.4. The molecule has 0 heterocycles. The van der Waals surface area contributed by atoms with E-state index < -0.39 is 19.5 Å². The van der Waals surface area contributed by atoms with Gasteiger partial charge in [-0.25, -0.2) is 4.57 Å². The molecule has 0 saturated heterocycles. The van der Waals surface area contributed by atoms with Crippen LogP contribution < -0.4 is 5.73 Å². The van der Waals surface area contributed by atoms with Crippen molar-refractivity contribution in [2.45, 2.75) is 6.92 Å². The zero-order valence-corrected chi connectivity index (χ0v) is 8.91. The van der Waals surface area contributed by atoms with Crippen LogP contribution in [0.25, 0.3) is 0 Å². The van der Waals surface area contributed by atoms with E-state index in [4.69, 9.17) is 10.8 Å². The Morgan fingerprint density at radius 1 is 1.36 bits per heavy atom. The van der Waals surface area contributed by atoms with Crippen LogP contribution in [0.5, 0.6) is 0 Å². The highest BCUT2D eigenvalue weighted by molar-refractivity contribution is 7.48. The summed E-state index contributed by atoms with van der Waals surface area (Å²) < 4.78 is 24.7. The van der Waals surface area contributed by atoms with Gasteiger partial charge in [0.05, 0.1) is 0 Å².